The van der Waals surface area contributed by atoms with Gasteiger partial charge in [0, 0.05) is 40.4 Å². The molecule has 0 aromatic heterocycles. The van der Waals surface area contributed by atoms with Crippen LogP contribution < -0.4 is 11.1 Å². The number of nitrogens with two attached hydrogens (primary N) is 1. The highest BCUT2D eigenvalue weighted by atomic mass is 35.5. The van der Waals surface area contributed by atoms with Crippen LogP contribution in [0.2, 0.25) is 5.02 Å². The highest BCUT2D eigenvalue weighted by Gasteiger charge is 2.21. The number of benzene rings is 2. The molecule has 0 saturated carbocycles. The van der Waals surface area contributed by atoms with E-state index in [1.807, 2.05) is 53.4 Å². The summed E-state index contributed by atoms with van der Waals surface area (Å²) in [5, 5.41) is 3.83. The average molecular weight is 418 g/mol. The van der Waals surface area contributed by atoms with Crippen LogP contribution in [0.5, 0.6) is 0 Å². The Morgan fingerprint density at radius 2 is 1.71 bits per heavy atom. The number of piperidine rings is 1. The Morgan fingerprint density at radius 3 is 2.32 bits per heavy atom. The van der Waals surface area contributed by atoms with Crippen molar-refractivity contribution in [1.82, 2.24) is 10.2 Å². The van der Waals surface area contributed by atoms with Crippen molar-refractivity contribution in [2.24, 2.45) is 5.73 Å². The summed E-state index contributed by atoms with van der Waals surface area (Å²) in [6.45, 7) is 1.83. The van der Waals surface area contributed by atoms with Gasteiger partial charge in [-0.1, -0.05) is 23.7 Å². The number of thioether (sulfide) groups is 1. The van der Waals surface area contributed by atoms with E-state index in [1.54, 1.807) is 11.8 Å². The fraction of sp³-hybridized carbons (Fsp3) is 0.333. The molecule has 148 valence electrons. The molecule has 7 heteroatoms. The molecular weight excluding hydrogens is 394 g/mol. The Morgan fingerprint density at radius 1 is 1.07 bits per heavy atom. The summed E-state index contributed by atoms with van der Waals surface area (Å²) < 4.78 is 0. The van der Waals surface area contributed by atoms with Gasteiger partial charge < -0.3 is 11.1 Å². The molecule has 0 radical (unpaired) electrons. The van der Waals surface area contributed by atoms with Crippen molar-refractivity contribution in [2.75, 3.05) is 19.6 Å². The van der Waals surface area contributed by atoms with Gasteiger partial charge in [0.15, 0.2) is 0 Å². The van der Waals surface area contributed by atoms with Crippen LogP contribution in [0.4, 0.5) is 0 Å². The minimum atomic E-state index is -0.309. The first kappa shape index (κ1) is 20.7. The lowest BCUT2D eigenvalue weighted by atomic mass is 10.0. The van der Waals surface area contributed by atoms with Crippen LogP contribution >= 0.6 is 23.4 Å². The van der Waals surface area contributed by atoms with Crippen LogP contribution in [0, 0.1) is 0 Å². The van der Waals surface area contributed by atoms with Crippen LogP contribution in [-0.4, -0.2) is 42.4 Å². The molecule has 3 N–H and O–H groups in total. The number of halogens is 1. The Balaban J connectivity index is 1.46. The van der Waals surface area contributed by atoms with Crippen molar-refractivity contribution in [2.45, 2.75) is 29.5 Å². The topological polar surface area (TPSA) is 75.4 Å². The molecule has 1 heterocycles. The number of carbonyl (C=O) groups is 2. The third-order valence-corrected chi connectivity index (χ3v) is 6.07. The van der Waals surface area contributed by atoms with Gasteiger partial charge in [0.25, 0.3) is 5.91 Å². The van der Waals surface area contributed by atoms with Gasteiger partial charge >= 0.3 is 0 Å². The molecule has 0 unspecified atom stereocenters. The van der Waals surface area contributed by atoms with Gasteiger partial charge in [0.1, 0.15) is 0 Å². The zero-order valence-electron chi connectivity index (χ0n) is 15.6. The van der Waals surface area contributed by atoms with Gasteiger partial charge in [-0.3, -0.25) is 14.5 Å². The second-order valence-corrected chi connectivity index (χ2v) is 8.41. The Kier molecular flexibility index (Phi) is 7.36. The molecule has 3 rings (SSSR count). The molecule has 2 amide bonds. The first-order valence-corrected chi connectivity index (χ1v) is 10.6. The molecule has 0 bridgehead atoms. The molecule has 0 aliphatic carbocycles. The van der Waals surface area contributed by atoms with E-state index >= 15 is 0 Å². The third kappa shape index (κ3) is 6.26. The number of nitrogens with one attached hydrogen (secondary N) is 1. The van der Waals surface area contributed by atoms with Gasteiger partial charge in [-0.2, -0.15) is 0 Å². The number of nitrogens with zero attached hydrogens (tertiary/aromatic N) is 1. The predicted molar refractivity (Wildman–Crippen MR) is 114 cm³/mol. The summed E-state index contributed by atoms with van der Waals surface area (Å²) in [5.74, 6) is 0.476. The zero-order valence-corrected chi connectivity index (χ0v) is 17.1. The maximum Gasteiger partial charge on any atom is 0.251 e. The third-order valence-electron chi connectivity index (χ3n) is 4.74. The maximum atomic E-state index is 12.5. The molecule has 2 aromatic carbocycles. The lowest BCUT2D eigenvalue weighted by Gasteiger charge is -2.31. The largest absolute Gasteiger partial charge is 0.369 e. The van der Waals surface area contributed by atoms with Crippen molar-refractivity contribution in [3.8, 4) is 0 Å². The van der Waals surface area contributed by atoms with Gasteiger partial charge in [-0.15, -0.1) is 11.8 Å². The van der Waals surface area contributed by atoms with E-state index in [4.69, 9.17) is 17.3 Å². The SMILES string of the molecule is NC(=O)CN1CCC(NC(=O)c2ccc(CSc3ccc(Cl)cc3)cc2)CC1. The summed E-state index contributed by atoms with van der Waals surface area (Å²) in [5.41, 5.74) is 7.06. The molecule has 1 aliphatic heterocycles. The second-order valence-electron chi connectivity index (χ2n) is 6.93. The van der Waals surface area contributed by atoms with Gasteiger partial charge in [-0.25, -0.2) is 0 Å². The van der Waals surface area contributed by atoms with Crippen LogP contribution in [0.1, 0.15) is 28.8 Å². The van der Waals surface area contributed by atoms with E-state index in [0.29, 0.717) is 5.56 Å². The lowest BCUT2D eigenvalue weighted by molar-refractivity contribution is -0.119. The van der Waals surface area contributed by atoms with E-state index < -0.39 is 0 Å². The zero-order chi connectivity index (χ0) is 19.9. The van der Waals surface area contributed by atoms with Crippen molar-refractivity contribution >= 4 is 35.2 Å². The summed E-state index contributed by atoms with van der Waals surface area (Å²) in [6, 6.07) is 15.6. The quantitative estimate of drug-likeness (QED) is 0.677. The standard InChI is InChI=1S/C21H24ClN3O2S/c22-17-5-7-19(8-6-17)28-14-15-1-3-16(4-2-15)21(27)24-18-9-11-25(12-10-18)13-20(23)26/h1-8,18H,9-14H2,(H2,23,26)(H,24,27). The number of rotatable bonds is 7. The Hall–Kier alpha value is -2.02. The van der Waals surface area contributed by atoms with Crippen molar-refractivity contribution in [1.29, 1.82) is 0 Å². The predicted octanol–water partition coefficient (Wildman–Crippen LogP) is 3.31. The highest BCUT2D eigenvalue weighted by molar-refractivity contribution is 7.98. The van der Waals surface area contributed by atoms with E-state index in [1.165, 1.54) is 0 Å². The number of hydrogen-bond acceptors (Lipinski definition) is 4. The monoisotopic (exact) mass is 417 g/mol. The fourth-order valence-electron chi connectivity index (χ4n) is 3.17. The fourth-order valence-corrected chi connectivity index (χ4v) is 4.15. The van der Waals surface area contributed by atoms with Crippen LogP contribution in [0.25, 0.3) is 0 Å². The summed E-state index contributed by atoms with van der Waals surface area (Å²) >= 11 is 7.64. The minimum Gasteiger partial charge on any atom is -0.369 e. The molecule has 2 aromatic rings. The van der Waals surface area contributed by atoms with E-state index in [2.05, 4.69) is 5.32 Å². The summed E-state index contributed by atoms with van der Waals surface area (Å²) in [6.07, 6.45) is 1.66. The second kappa shape index (κ2) is 9.96. The highest BCUT2D eigenvalue weighted by Crippen LogP contribution is 2.24. The van der Waals surface area contributed by atoms with E-state index in [9.17, 15) is 9.59 Å². The summed E-state index contributed by atoms with van der Waals surface area (Å²) in [7, 11) is 0. The smallest absolute Gasteiger partial charge is 0.251 e. The summed E-state index contributed by atoms with van der Waals surface area (Å²) in [4.78, 5) is 26.6. The number of amides is 2. The first-order valence-electron chi connectivity index (χ1n) is 9.28. The molecule has 28 heavy (non-hydrogen) atoms. The normalized spacial score (nSPS) is 15.3. The molecule has 1 saturated heterocycles. The lowest BCUT2D eigenvalue weighted by Crippen LogP contribution is -2.46. The number of hydrogen-bond donors (Lipinski definition) is 2. The van der Waals surface area contributed by atoms with Crippen molar-refractivity contribution in [3.63, 3.8) is 0 Å². The molecule has 1 aliphatic rings. The number of carbonyl (C=O) groups excluding carboxylic acids is 2. The van der Waals surface area contributed by atoms with E-state index in [0.717, 1.165) is 47.2 Å². The van der Waals surface area contributed by atoms with Gasteiger partial charge in [0.05, 0.1) is 6.54 Å². The molecule has 5 nitrogen and oxygen atoms in total. The Labute approximate surface area is 174 Å². The average Bonchev–Trinajstić information content (AvgIpc) is 2.69. The van der Waals surface area contributed by atoms with Gasteiger partial charge in [0.2, 0.25) is 5.91 Å². The maximum absolute atomic E-state index is 12.5. The molecule has 0 spiro atoms. The Bertz CT molecular complexity index is 803. The number of primary amides is 1. The van der Waals surface area contributed by atoms with Crippen molar-refractivity contribution in [3.05, 3.63) is 64.7 Å². The van der Waals surface area contributed by atoms with Crippen molar-refractivity contribution < 1.29 is 9.59 Å². The number of likely N-dealkylation sites (tertiary alicyclic amines) is 1. The van der Waals surface area contributed by atoms with E-state index in [-0.39, 0.29) is 24.4 Å². The molecule has 0 atom stereocenters. The first-order chi connectivity index (χ1) is 13.5. The minimum absolute atomic E-state index is 0.0507. The van der Waals surface area contributed by atoms with Gasteiger partial charge in [-0.05, 0) is 54.8 Å². The van der Waals surface area contributed by atoms with Crippen LogP contribution in [-0.2, 0) is 10.5 Å². The van der Waals surface area contributed by atoms with Crippen LogP contribution in [0.15, 0.2) is 53.4 Å². The molecular formula is C21H24ClN3O2S. The van der Waals surface area contributed by atoms with Crippen LogP contribution in [0.3, 0.4) is 0 Å². The molecule has 1 fully saturated rings.